The molecule has 22 heavy (non-hydrogen) atoms. The number of hydrogen-bond donors (Lipinski definition) is 0. The van der Waals surface area contributed by atoms with E-state index in [0.29, 0.717) is 16.1 Å². The lowest BCUT2D eigenvalue weighted by Gasteiger charge is -2.05. The lowest BCUT2D eigenvalue weighted by molar-refractivity contribution is 0.588. The number of rotatable bonds is 3. The third kappa shape index (κ3) is 2.38. The lowest BCUT2D eigenvalue weighted by Crippen LogP contribution is -2.13. The summed E-state index contributed by atoms with van der Waals surface area (Å²) in [6.07, 6.45) is 3.13. The highest BCUT2D eigenvalue weighted by Gasteiger charge is 2.24. The average molecular weight is 336 g/mol. The van der Waals surface area contributed by atoms with E-state index >= 15 is 0 Å². The highest BCUT2D eigenvalue weighted by atomic mass is 35.5. The van der Waals surface area contributed by atoms with E-state index in [2.05, 4.69) is 9.97 Å². The summed E-state index contributed by atoms with van der Waals surface area (Å²) in [4.78, 5) is 8.31. The number of fused-ring (bicyclic) bond motifs is 1. The van der Waals surface area contributed by atoms with E-state index < -0.39 is 15.1 Å². The third-order valence-corrected chi connectivity index (χ3v) is 5.82. The second-order valence-electron chi connectivity index (χ2n) is 5.16. The van der Waals surface area contributed by atoms with Crippen LogP contribution >= 0.6 is 11.6 Å². The lowest BCUT2D eigenvalue weighted by atomic mass is 10.2. The van der Waals surface area contributed by atoms with Crippen LogP contribution in [0.15, 0.2) is 47.6 Å². The SMILES string of the molecule is CC(C)S(=O)(=O)c1cn(-c2ccnc(Cl)n2)c2ccccc12. The fraction of sp³-hybridized carbons (Fsp3) is 0.200. The predicted octanol–water partition coefficient (Wildman–Crippen LogP) is 3.26. The Bertz CT molecular complexity index is 948. The fourth-order valence-electron chi connectivity index (χ4n) is 2.28. The van der Waals surface area contributed by atoms with Gasteiger partial charge < -0.3 is 0 Å². The van der Waals surface area contributed by atoms with Crippen LogP contribution < -0.4 is 0 Å². The van der Waals surface area contributed by atoms with Crippen molar-refractivity contribution in [3.05, 3.63) is 48.0 Å². The second kappa shape index (κ2) is 5.37. The zero-order valence-corrected chi connectivity index (χ0v) is 13.6. The van der Waals surface area contributed by atoms with Gasteiger partial charge in [-0.3, -0.25) is 4.57 Å². The Kier molecular flexibility index (Phi) is 3.66. The zero-order chi connectivity index (χ0) is 15.9. The Morgan fingerprint density at radius 1 is 1.18 bits per heavy atom. The van der Waals surface area contributed by atoms with Crippen LogP contribution in [0.2, 0.25) is 5.28 Å². The minimum absolute atomic E-state index is 0.114. The van der Waals surface area contributed by atoms with Gasteiger partial charge in [0.25, 0.3) is 0 Å². The topological polar surface area (TPSA) is 64.8 Å². The summed E-state index contributed by atoms with van der Waals surface area (Å²) >= 11 is 5.84. The van der Waals surface area contributed by atoms with Gasteiger partial charge >= 0.3 is 0 Å². The first-order valence-electron chi connectivity index (χ1n) is 6.74. The van der Waals surface area contributed by atoms with E-state index in [1.165, 1.54) is 6.20 Å². The molecular weight excluding hydrogens is 322 g/mol. The summed E-state index contributed by atoms with van der Waals surface area (Å²) in [7, 11) is -3.40. The maximum absolute atomic E-state index is 12.6. The first-order chi connectivity index (χ1) is 10.4. The molecule has 7 heteroatoms. The first kappa shape index (κ1) is 15.0. The van der Waals surface area contributed by atoms with Gasteiger partial charge in [-0.1, -0.05) is 18.2 Å². The van der Waals surface area contributed by atoms with Crippen LogP contribution in [-0.4, -0.2) is 28.2 Å². The molecule has 114 valence electrons. The maximum atomic E-state index is 12.6. The molecule has 3 rings (SSSR count). The molecule has 2 heterocycles. The Labute approximate surface area is 133 Å². The van der Waals surface area contributed by atoms with Crippen LogP contribution in [0.1, 0.15) is 13.8 Å². The Morgan fingerprint density at radius 2 is 1.91 bits per heavy atom. The van der Waals surface area contributed by atoms with E-state index in [1.807, 2.05) is 18.2 Å². The molecule has 3 aromatic rings. The fourth-order valence-corrected chi connectivity index (χ4v) is 3.66. The van der Waals surface area contributed by atoms with Crippen LogP contribution in [0.5, 0.6) is 0 Å². The van der Waals surface area contributed by atoms with Crippen molar-refractivity contribution < 1.29 is 8.42 Å². The number of sulfone groups is 1. The molecule has 5 nitrogen and oxygen atoms in total. The van der Waals surface area contributed by atoms with Crippen molar-refractivity contribution in [2.75, 3.05) is 0 Å². The third-order valence-electron chi connectivity index (χ3n) is 3.46. The number of para-hydroxylation sites is 1. The van der Waals surface area contributed by atoms with Crippen LogP contribution in [-0.2, 0) is 9.84 Å². The molecule has 0 saturated carbocycles. The number of halogens is 1. The zero-order valence-electron chi connectivity index (χ0n) is 12.1. The van der Waals surface area contributed by atoms with Gasteiger partial charge in [-0.15, -0.1) is 0 Å². The Balaban J connectivity index is 2.35. The molecule has 0 aliphatic carbocycles. The van der Waals surface area contributed by atoms with Gasteiger partial charge in [-0.2, -0.15) is 4.98 Å². The van der Waals surface area contributed by atoms with Gasteiger partial charge in [0.1, 0.15) is 5.82 Å². The van der Waals surface area contributed by atoms with Crippen LogP contribution in [0.3, 0.4) is 0 Å². The molecule has 1 aromatic carbocycles. The number of benzene rings is 1. The first-order valence-corrected chi connectivity index (χ1v) is 8.66. The van der Waals surface area contributed by atoms with E-state index in [-0.39, 0.29) is 5.28 Å². The molecule has 0 atom stereocenters. The van der Waals surface area contributed by atoms with Crippen LogP contribution in [0.4, 0.5) is 0 Å². The van der Waals surface area contributed by atoms with E-state index in [1.54, 1.807) is 36.7 Å². The molecule has 0 radical (unpaired) electrons. The second-order valence-corrected chi connectivity index (χ2v) is 7.97. The normalized spacial score (nSPS) is 12.2. The molecular formula is C15H14ClN3O2S. The number of nitrogens with zero attached hydrogens (tertiary/aromatic N) is 3. The number of aromatic nitrogens is 3. The molecule has 2 aromatic heterocycles. The molecule has 0 unspecified atom stereocenters. The van der Waals surface area contributed by atoms with Crippen molar-refractivity contribution in [3.8, 4) is 5.82 Å². The van der Waals surface area contributed by atoms with E-state index in [4.69, 9.17) is 11.6 Å². The summed E-state index contributed by atoms with van der Waals surface area (Å²) in [5.74, 6) is 0.529. The highest BCUT2D eigenvalue weighted by Crippen LogP contribution is 2.30. The molecule has 0 N–H and O–H groups in total. The maximum Gasteiger partial charge on any atom is 0.224 e. The average Bonchev–Trinajstić information content (AvgIpc) is 2.87. The van der Waals surface area contributed by atoms with Crippen molar-refractivity contribution >= 4 is 32.3 Å². The van der Waals surface area contributed by atoms with Crippen molar-refractivity contribution in [3.63, 3.8) is 0 Å². The molecule has 0 aliphatic rings. The van der Waals surface area contributed by atoms with Gasteiger partial charge in [0, 0.05) is 17.8 Å². The smallest absolute Gasteiger partial charge is 0.224 e. The standard InChI is InChI=1S/C15H14ClN3O2S/c1-10(2)22(20,21)13-9-19(12-6-4-3-5-11(12)13)14-7-8-17-15(16)18-14/h3-10H,1-2H3. The largest absolute Gasteiger partial charge is 0.300 e. The number of hydrogen-bond acceptors (Lipinski definition) is 4. The molecule has 0 fully saturated rings. The minimum Gasteiger partial charge on any atom is -0.300 e. The summed E-state index contributed by atoms with van der Waals surface area (Å²) in [5.41, 5.74) is 0.761. The van der Waals surface area contributed by atoms with Gasteiger partial charge in [0.2, 0.25) is 5.28 Å². The quantitative estimate of drug-likeness (QED) is 0.689. The Hall–Kier alpha value is -1.92. The van der Waals surface area contributed by atoms with Gasteiger partial charge in [-0.05, 0) is 37.6 Å². The molecule has 0 aliphatic heterocycles. The molecule has 0 amide bonds. The molecule has 0 saturated heterocycles. The predicted molar refractivity (Wildman–Crippen MR) is 86.2 cm³/mol. The van der Waals surface area contributed by atoms with Gasteiger partial charge in [0.05, 0.1) is 15.7 Å². The van der Waals surface area contributed by atoms with Crippen LogP contribution in [0.25, 0.3) is 16.7 Å². The Morgan fingerprint density at radius 3 is 2.59 bits per heavy atom. The highest BCUT2D eigenvalue weighted by molar-refractivity contribution is 7.92. The molecule has 0 bridgehead atoms. The monoisotopic (exact) mass is 335 g/mol. The van der Waals surface area contributed by atoms with Crippen molar-refractivity contribution in [2.24, 2.45) is 0 Å². The minimum atomic E-state index is -3.40. The summed E-state index contributed by atoms with van der Waals surface area (Å²) in [6, 6.07) is 9.01. The van der Waals surface area contributed by atoms with Crippen molar-refractivity contribution in [2.45, 2.75) is 24.0 Å². The summed E-state index contributed by atoms with van der Waals surface area (Å²) in [5, 5.41) is 0.287. The van der Waals surface area contributed by atoms with Gasteiger partial charge in [0.15, 0.2) is 9.84 Å². The van der Waals surface area contributed by atoms with E-state index in [0.717, 1.165) is 5.52 Å². The van der Waals surface area contributed by atoms with Gasteiger partial charge in [-0.25, -0.2) is 13.4 Å². The van der Waals surface area contributed by atoms with Crippen molar-refractivity contribution in [1.82, 2.24) is 14.5 Å². The summed E-state index contributed by atoms with van der Waals surface area (Å²) < 4.78 is 26.9. The van der Waals surface area contributed by atoms with Crippen LogP contribution in [0, 0.1) is 0 Å². The van der Waals surface area contributed by atoms with Crippen molar-refractivity contribution in [1.29, 1.82) is 0 Å². The van der Waals surface area contributed by atoms with E-state index in [9.17, 15) is 8.42 Å². The summed E-state index contributed by atoms with van der Waals surface area (Å²) in [6.45, 7) is 3.34. The molecule has 0 spiro atoms.